The lowest BCUT2D eigenvalue weighted by Gasteiger charge is -2.09. The Bertz CT molecular complexity index is 727. The predicted octanol–water partition coefficient (Wildman–Crippen LogP) is 4.69. The molecule has 92 valence electrons. The van der Waals surface area contributed by atoms with E-state index in [-0.39, 0.29) is 0 Å². The largest absolute Gasteiger partial charge is 0.264 e. The van der Waals surface area contributed by atoms with Gasteiger partial charge in [-0.3, -0.25) is 4.98 Å². The molecule has 0 saturated carbocycles. The van der Waals surface area contributed by atoms with E-state index < -0.39 is 0 Å². The number of pyridine rings is 1. The Labute approximate surface area is 113 Å². The second-order valence-corrected chi connectivity index (χ2v) is 4.51. The van der Waals surface area contributed by atoms with Gasteiger partial charge in [0.15, 0.2) is 0 Å². The van der Waals surface area contributed by atoms with E-state index in [4.69, 9.17) is 0 Å². The zero-order valence-corrected chi connectivity index (χ0v) is 10.9. The van der Waals surface area contributed by atoms with Crippen LogP contribution in [0.2, 0.25) is 0 Å². The fraction of sp³-hybridized carbons (Fsp3) is 0.0556. The van der Waals surface area contributed by atoms with Gasteiger partial charge in [-0.15, -0.1) is 0 Å². The molecule has 0 radical (unpaired) electrons. The van der Waals surface area contributed by atoms with E-state index in [1.165, 1.54) is 27.5 Å². The molecular weight excluding hydrogens is 230 g/mol. The van der Waals surface area contributed by atoms with Gasteiger partial charge in [0, 0.05) is 17.8 Å². The van der Waals surface area contributed by atoms with E-state index in [1.807, 2.05) is 18.5 Å². The molecule has 0 spiro atoms. The molecule has 19 heavy (non-hydrogen) atoms. The van der Waals surface area contributed by atoms with Crippen LogP contribution in [0.15, 0.2) is 73.1 Å². The third kappa shape index (κ3) is 2.27. The van der Waals surface area contributed by atoms with Crippen molar-refractivity contribution in [1.29, 1.82) is 0 Å². The van der Waals surface area contributed by atoms with Crippen molar-refractivity contribution in [3.8, 4) is 0 Å². The average Bonchev–Trinajstić information content (AvgIpc) is 2.49. The molecule has 3 rings (SSSR count). The zero-order chi connectivity index (χ0) is 13.1. The molecule has 0 atom stereocenters. The van der Waals surface area contributed by atoms with Gasteiger partial charge in [-0.1, -0.05) is 48.5 Å². The lowest BCUT2D eigenvalue weighted by molar-refractivity contribution is 1.36. The van der Waals surface area contributed by atoms with Gasteiger partial charge < -0.3 is 0 Å². The molecule has 0 fully saturated rings. The molecule has 1 heterocycles. The fourth-order valence-corrected chi connectivity index (χ4v) is 2.37. The van der Waals surface area contributed by atoms with Crippen LogP contribution in [-0.2, 0) is 0 Å². The molecule has 0 aliphatic carbocycles. The average molecular weight is 245 g/mol. The summed E-state index contributed by atoms with van der Waals surface area (Å²) in [6.07, 6.45) is 5.90. The molecule has 2 aromatic carbocycles. The van der Waals surface area contributed by atoms with E-state index in [0.29, 0.717) is 0 Å². The minimum atomic E-state index is 1.18. The Morgan fingerprint density at radius 2 is 1.74 bits per heavy atom. The summed E-state index contributed by atoms with van der Waals surface area (Å²) in [6, 6.07) is 19.0. The number of benzene rings is 2. The van der Waals surface area contributed by atoms with Crippen LogP contribution < -0.4 is 0 Å². The van der Waals surface area contributed by atoms with Gasteiger partial charge >= 0.3 is 0 Å². The molecule has 0 bridgehead atoms. The van der Waals surface area contributed by atoms with Crippen molar-refractivity contribution in [3.05, 3.63) is 84.2 Å². The van der Waals surface area contributed by atoms with Gasteiger partial charge in [-0.25, -0.2) is 0 Å². The number of fused-ring (bicyclic) bond motifs is 1. The molecule has 1 aromatic heterocycles. The second-order valence-electron chi connectivity index (χ2n) is 4.51. The number of allylic oxidation sites excluding steroid dienone is 1. The predicted molar refractivity (Wildman–Crippen MR) is 80.9 cm³/mol. The van der Waals surface area contributed by atoms with Gasteiger partial charge in [0.1, 0.15) is 0 Å². The molecule has 1 heteroatoms. The number of hydrogen-bond acceptors (Lipinski definition) is 1. The van der Waals surface area contributed by atoms with Crippen LogP contribution in [-0.4, -0.2) is 4.98 Å². The maximum Gasteiger partial charge on any atom is 0.0346 e. The lowest BCUT2D eigenvalue weighted by Crippen LogP contribution is -1.88. The second kappa shape index (κ2) is 5.07. The van der Waals surface area contributed by atoms with Crippen LogP contribution in [0.25, 0.3) is 16.3 Å². The van der Waals surface area contributed by atoms with Crippen molar-refractivity contribution in [1.82, 2.24) is 4.98 Å². The van der Waals surface area contributed by atoms with E-state index in [2.05, 4.69) is 66.5 Å². The highest BCUT2D eigenvalue weighted by Crippen LogP contribution is 2.26. The van der Waals surface area contributed by atoms with Crippen LogP contribution in [0.5, 0.6) is 0 Å². The van der Waals surface area contributed by atoms with Crippen LogP contribution in [0, 0.1) is 0 Å². The quantitative estimate of drug-likeness (QED) is 0.638. The summed E-state index contributed by atoms with van der Waals surface area (Å²) >= 11 is 0. The first-order valence-electron chi connectivity index (χ1n) is 6.44. The topological polar surface area (TPSA) is 12.9 Å². The molecule has 0 N–H and O–H groups in total. The highest BCUT2D eigenvalue weighted by atomic mass is 14.6. The Kier molecular flexibility index (Phi) is 3.11. The van der Waals surface area contributed by atoms with Crippen molar-refractivity contribution in [3.63, 3.8) is 0 Å². The normalized spacial score (nSPS) is 11.7. The summed E-state index contributed by atoms with van der Waals surface area (Å²) in [5, 5.41) is 2.40. The van der Waals surface area contributed by atoms with Crippen molar-refractivity contribution in [2.24, 2.45) is 0 Å². The van der Waals surface area contributed by atoms with Gasteiger partial charge in [-0.05, 0) is 41.1 Å². The number of nitrogens with zero attached hydrogens (tertiary/aromatic N) is 1. The molecule has 0 amide bonds. The van der Waals surface area contributed by atoms with Crippen LogP contribution >= 0.6 is 0 Å². The maximum absolute atomic E-state index is 4.15. The van der Waals surface area contributed by atoms with E-state index in [0.717, 1.165) is 0 Å². The minimum Gasteiger partial charge on any atom is -0.264 e. The standard InChI is InChI=1S/C18H15N/c1-2-18(14-6-4-3-5-7-14)16-8-9-17-13-19-11-10-15(17)12-16/h2-13H,1H3. The first-order chi connectivity index (χ1) is 9.38. The smallest absolute Gasteiger partial charge is 0.0346 e. The Hall–Kier alpha value is -2.41. The molecule has 3 aromatic rings. The lowest BCUT2D eigenvalue weighted by atomic mass is 9.96. The summed E-state index contributed by atoms with van der Waals surface area (Å²) in [5.74, 6) is 0. The first-order valence-corrected chi connectivity index (χ1v) is 6.44. The molecule has 0 unspecified atom stereocenters. The van der Waals surface area contributed by atoms with Crippen LogP contribution in [0.4, 0.5) is 0 Å². The van der Waals surface area contributed by atoms with E-state index in [1.54, 1.807) is 0 Å². The summed E-state index contributed by atoms with van der Waals surface area (Å²) in [5.41, 5.74) is 3.75. The molecule has 0 aliphatic rings. The molecule has 1 nitrogen and oxygen atoms in total. The fourth-order valence-electron chi connectivity index (χ4n) is 2.37. The highest BCUT2D eigenvalue weighted by molar-refractivity contribution is 5.88. The van der Waals surface area contributed by atoms with E-state index in [9.17, 15) is 0 Å². The Morgan fingerprint density at radius 1 is 0.895 bits per heavy atom. The third-order valence-corrected chi connectivity index (χ3v) is 3.33. The monoisotopic (exact) mass is 245 g/mol. The first kappa shape index (κ1) is 11.7. The zero-order valence-electron chi connectivity index (χ0n) is 10.9. The van der Waals surface area contributed by atoms with Crippen molar-refractivity contribution >= 4 is 16.3 Å². The van der Waals surface area contributed by atoms with Crippen molar-refractivity contribution < 1.29 is 0 Å². The van der Waals surface area contributed by atoms with Gasteiger partial charge in [0.05, 0.1) is 0 Å². The maximum atomic E-state index is 4.15. The number of hydrogen-bond donors (Lipinski definition) is 0. The summed E-state index contributed by atoms with van der Waals surface area (Å²) in [6.45, 7) is 2.08. The number of aromatic nitrogens is 1. The minimum absolute atomic E-state index is 1.18. The Balaban J connectivity index is 2.12. The van der Waals surface area contributed by atoms with Crippen molar-refractivity contribution in [2.75, 3.05) is 0 Å². The van der Waals surface area contributed by atoms with Gasteiger partial charge in [0.2, 0.25) is 0 Å². The van der Waals surface area contributed by atoms with Gasteiger partial charge in [-0.2, -0.15) is 0 Å². The SMILES string of the molecule is CC=C(c1ccccc1)c1ccc2cnccc2c1. The summed E-state index contributed by atoms with van der Waals surface area (Å²) in [7, 11) is 0. The van der Waals surface area contributed by atoms with Gasteiger partial charge in [0.25, 0.3) is 0 Å². The van der Waals surface area contributed by atoms with Crippen LogP contribution in [0.1, 0.15) is 18.1 Å². The van der Waals surface area contributed by atoms with Crippen LogP contribution in [0.3, 0.4) is 0 Å². The third-order valence-electron chi connectivity index (χ3n) is 3.33. The highest BCUT2D eigenvalue weighted by Gasteiger charge is 2.04. The number of rotatable bonds is 2. The molecule has 0 aliphatic heterocycles. The molecular formula is C18H15N. The molecule has 0 saturated heterocycles. The van der Waals surface area contributed by atoms with Crippen molar-refractivity contribution in [2.45, 2.75) is 6.92 Å². The summed E-state index contributed by atoms with van der Waals surface area (Å²) < 4.78 is 0. The van der Waals surface area contributed by atoms with E-state index >= 15 is 0 Å². The summed E-state index contributed by atoms with van der Waals surface area (Å²) in [4.78, 5) is 4.15. The Morgan fingerprint density at radius 3 is 2.53 bits per heavy atom.